The van der Waals surface area contributed by atoms with E-state index >= 15 is 0 Å². The number of fused-ring (bicyclic) bond motifs is 1. The first-order chi connectivity index (χ1) is 15.3. The highest BCUT2D eigenvalue weighted by Crippen LogP contribution is 2.38. The number of hydrogen-bond acceptors (Lipinski definition) is 8. The zero-order valence-electron chi connectivity index (χ0n) is 17.1. The molecule has 0 saturated heterocycles. The molecule has 1 fully saturated rings. The third-order valence-corrected chi connectivity index (χ3v) is 6.58. The Kier molecular flexibility index (Phi) is 6.08. The van der Waals surface area contributed by atoms with Gasteiger partial charge in [-0.05, 0) is 56.2 Å². The number of benzene rings is 1. The predicted octanol–water partition coefficient (Wildman–Crippen LogP) is 3.00. The lowest BCUT2D eigenvalue weighted by Gasteiger charge is -2.11. The number of carbonyl (C=O) groups excluding carboxylic acids is 3. The third-order valence-electron chi connectivity index (χ3n) is 5.37. The maximum atomic E-state index is 12.3. The van der Waals surface area contributed by atoms with E-state index in [9.17, 15) is 24.5 Å². The van der Waals surface area contributed by atoms with Crippen molar-refractivity contribution in [2.75, 3.05) is 17.2 Å². The summed E-state index contributed by atoms with van der Waals surface area (Å²) >= 11 is 1.31. The van der Waals surface area contributed by atoms with E-state index in [0.717, 1.165) is 55.0 Å². The van der Waals surface area contributed by atoms with Gasteiger partial charge in [0.25, 0.3) is 17.5 Å². The van der Waals surface area contributed by atoms with Crippen LogP contribution in [0.25, 0.3) is 0 Å². The minimum absolute atomic E-state index is 0.0322. The van der Waals surface area contributed by atoms with E-state index in [1.165, 1.54) is 23.5 Å². The summed E-state index contributed by atoms with van der Waals surface area (Å²) in [5.41, 5.74) is 6.79. The summed E-state index contributed by atoms with van der Waals surface area (Å²) in [6.45, 7) is -0.602. The first-order valence-corrected chi connectivity index (χ1v) is 11.1. The van der Waals surface area contributed by atoms with Crippen molar-refractivity contribution in [2.45, 2.75) is 44.6 Å². The van der Waals surface area contributed by atoms with Crippen LogP contribution in [0.2, 0.25) is 0 Å². The lowest BCUT2D eigenvalue weighted by molar-refractivity contribution is -0.384. The number of nitrogens with two attached hydrogens (primary N) is 1. The van der Waals surface area contributed by atoms with E-state index in [0.29, 0.717) is 16.3 Å². The SMILES string of the molecule is NC(=O)c1c(NC(=O)COC(=O)c2ccc(NC3CC3)c([N+](=O)[O-])c2)sc2c1CCCC2. The summed E-state index contributed by atoms with van der Waals surface area (Å²) < 4.78 is 5.03. The average Bonchev–Trinajstić information content (AvgIpc) is 3.49. The topological polar surface area (TPSA) is 154 Å². The Balaban J connectivity index is 1.41. The lowest BCUT2D eigenvalue weighted by Crippen LogP contribution is -2.23. The van der Waals surface area contributed by atoms with Crippen LogP contribution in [0.4, 0.5) is 16.4 Å². The van der Waals surface area contributed by atoms with Crippen LogP contribution in [0.5, 0.6) is 0 Å². The van der Waals surface area contributed by atoms with Crippen LogP contribution in [0, 0.1) is 10.1 Å². The Hall–Kier alpha value is -3.47. The molecule has 2 aliphatic rings. The maximum Gasteiger partial charge on any atom is 0.338 e. The molecule has 2 aliphatic carbocycles. The Morgan fingerprint density at radius 1 is 1.22 bits per heavy atom. The highest BCUT2D eigenvalue weighted by atomic mass is 32.1. The molecule has 1 aromatic heterocycles. The van der Waals surface area contributed by atoms with E-state index in [1.54, 1.807) is 0 Å². The van der Waals surface area contributed by atoms with Crippen molar-refractivity contribution in [3.63, 3.8) is 0 Å². The van der Waals surface area contributed by atoms with E-state index < -0.39 is 29.3 Å². The molecule has 1 heterocycles. The number of aryl methyl sites for hydroxylation is 1. The third kappa shape index (κ3) is 4.72. The fourth-order valence-corrected chi connectivity index (χ4v) is 4.98. The van der Waals surface area contributed by atoms with Gasteiger partial charge in [-0.3, -0.25) is 19.7 Å². The summed E-state index contributed by atoms with van der Waals surface area (Å²) in [7, 11) is 0. The number of anilines is 2. The molecule has 4 N–H and O–H groups in total. The van der Waals surface area contributed by atoms with Crippen molar-refractivity contribution in [3.05, 3.63) is 49.9 Å². The number of thiophene rings is 1. The largest absolute Gasteiger partial charge is 0.452 e. The molecule has 4 rings (SSSR count). The minimum atomic E-state index is -0.859. The van der Waals surface area contributed by atoms with Crippen LogP contribution in [-0.4, -0.2) is 35.4 Å². The number of rotatable bonds is 8. The quantitative estimate of drug-likeness (QED) is 0.312. The molecule has 0 radical (unpaired) electrons. The van der Waals surface area contributed by atoms with Gasteiger partial charge < -0.3 is 21.1 Å². The molecule has 168 valence electrons. The lowest BCUT2D eigenvalue weighted by atomic mass is 9.95. The monoisotopic (exact) mass is 458 g/mol. The van der Waals surface area contributed by atoms with Gasteiger partial charge in [0.1, 0.15) is 10.7 Å². The van der Waals surface area contributed by atoms with Gasteiger partial charge in [-0.2, -0.15) is 0 Å². The van der Waals surface area contributed by atoms with Crippen LogP contribution < -0.4 is 16.4 Å². The number of nitro benzene ring substituents is 1. The molecule has 1 saturated carbocycles. The molecule has 1 aromatic carbocycles. The molecule has 2 amide bonds. The van der Waals surface area contributed by atoms with E-state index in [4.69, 9.17) is 10.5 Å². The summed E-state index contributed by atoms with van der Waals surface area (Å²) in [5.74, 6) is -2.09. The first kappa shape index (κ1) is 21.8. The Morgan fingerprint density at radius 3 is 2.66 bits per heavy atom. The summed E-state index contributed by atoms with van der Waals surface area (Å²) in [5, 5.41) is 17.4. The Labute approximate surface area is 187 Å². The van der Waals surface area contributed by atoms with Gasteiger partial charge in [0.2, 0.25) is 0 Å². The second-order valence-corrected chi connectivity index (χ2v) is 8.92. The number of carbonyl (C=O) groups is 3. The van der Waals surface area contributed by atoms with Crippen molar-refractivity contribution < 1.29 is 24.0 Å². The van der Waals surface area contributed by atoms with Crippen molar-refractivity contribution in [1.82, 2.24) is 0 Å². The second-order valence-electron chi connectivity index (χ2n) is 7.81. The highest BCUT2D eigenvalue weighted by molar-refractivity contribution is 7.17. The van der Waals surface area contributed by atoms with Gasteiger partial charge in [0.05, 0.1) is 16.1 Å². The highest BCUT2D eigenvalue weighted by Gasteiger charge is 2.27. The molecule has 32 heavy (non-hydrogen) atoms. The molecule has 2 aromatic rings. The van der Waals surface area contributed by atoms with Gasteiger partial charge in [-0.1, -0.05) is 0 Å². The summed E-state index contributed by atoms with van der Waals surface area (Å²) in [4.78, 5) is 48.4. The van der Waals surface area contributed by atoms with Gasteiger partial charge in [-0.25, -0.2) is 4.79 Å². The minimum Gasteiger partial charge on any atom is -0.452 e. The molecule has 0 spiro atoms. The zero-order valence-corrected chi connectivity index (χ0v) is 18.0. The fourth-order valence-electron chi connectivity index (χ4n) is 3.67. The van der Waals surface area contributed by atoms with Gasteiger partial charge in [0.15, 0.2) is 6.61 Å². The molecule has 0 atom stereocenters. The van der Waals surface area contributed by atoms with Crippen LogP contribution in [0.1, 0.15) is 56.8 Å². The van der Waals surface area contributed by atoms with Crippen molar-refractivity contribution in [1.29, 1.82) is 0 Å². The standard InChI is InChI=1S/C21H22N4O6S/c22-19(27)18-13-3-1-2-4-16(13)32-20(18)24-17(26)10-31-21(28)11-5-8-14(23-12-6-7-12)15(9-11)25(29)30/h5,8-9,12,23H,1-4,6-7,10H2,(H2,22,27)(H,24,26). The molecule has 0 unspecified atom stereocenters. The number of nitrogens with zero attached hydrogens (tertiary/aromatic N) is 1. The number of amides is 2. The predicted molar refractivity (Wildman–Crippen MR) is 118 cm³/mol. The zero-order chi connectivity index (χ0) is 22.8. The Morgan fingerprint density at radius 2 is 1.97 bits per heavy atom. The van der Waals surface area contributed by atoms with E-state index in [-0.39, 0.29) is 17.3 Å². The van der Waals surface area contributed by atoms with Crippen molar-refractivity contribution in [2.24, 2.45) is 5.73 Å². The van der Waals surface area contributed by atoms with Crippen LogP contribution >= 0.6 is 11.3 Å². The number of nitrogens with one attached hydrogen (secondary N) is 2. The van der Waals surface area contributed by atoms with Gasteiger partial charge in [-0.15, -0.1) is 11.3 Å². The Bertz CT molecular complexity index is 1110. The maximum absolute atomic E-state index is 12.3. The number of hydrogen-bond donors (Lipinski definition) is 3. The normalized spacial score (nSPS) is 14.9. The van der Waals surface area contributed by atoms with Crippen LogP contribution in [0.3, 0.4) is 0 Å². The number of ether oxygens (including phenoxy) is 1. The van der Waals surface area contributed by atoms with Crippen molar-refractivity contribution in [3.8, 4) is 0 Å². The molecule has 10 nitrogen and oxygen atoms in total. The fraction of sp³-hybridized carbons (Fsp3) is 0.381. The van der Waals surface area contributed by atoms with Gasteiger partial charge in [0, 0.05) is 17.0 Å². The first-order valence-electron chi connectivity index (χ1n) is 10.3. The van der Waals surface area contributed by atoms with Crippen LogP contribution in [0.15, 0.2) is 18.2 Å². The number of primary amides is 1. The average molecular weight is 458 g/mol. The molecule has 11 heteroatoms. The van der Waals surface area contributed by atoms with Crippen LogP contribution in [-0.2, 0) is 22.4 Å². The summed E-state index contributed by atoms with van der Waals surface area (Å²) in [6.07, 6.45) is 5.42. The van der Waals surface area contributed by atoms with E-state index in [2.05, 4.69) is 10.6 Å². The molecular weight excluding hydrogens is 436 g/mol. The molecule has 0 aliphatic heterocycles. The smallest absolute Gasteiger partial charge is 0.338 e. The molecular formula is C21H22N4O6S. The van der Waals surface area contributed by atoms with Gasteiger partial charge >= 0.3 is 5.97 Å². The summed E-state index contributed by atoms with van der Waals surface area (Å²) in [6, 6.07) is 4.21. The molecule has 0 bridgehead atoms. The number of esters is 1. The van der Waals surface area contributed by atoms with Crippen molar-refractivity contribution >= 4 is 45.5 Å². The van der Waals surface area contributed by atoms with E-state index in [1.807, 2.05) is 0 Å². The second kappa shape index (κ2) is 8.95. The number of nitro groups is 1.